The van der Waals surface area contributed by atoms with Crippen molar-refractivity contribution in [2.45, 2.75) is 31.4 Å². The molecule has 2 atom stereocenters. The molecule has 1 aromatic heterocycles. The number of halogens is 3. The van der Waals surface area contributed by atoms with Crippen LogP contribution in [0, 0.1) is 17.5 Å². The van der Waals surface area contributed by atoms with Crippen LogP contribution < -0.4 is 5.32 Å². The van der Waals surface area contributed by atoms with Gasteiger partial charge in [-0.25, -0.2) is 13.2 Å². The van der Waals surface area contributed by atoms with Gasteiger partial charge in [-0.15, -0.1) is 0 Å². The molecule has 1 aliphatic carbocycles. The van der Waals surface area contributed by atoms with Crippen molar-refractivity contribution >= 4 is 5.91 Å². The fourth-order valence-electron chi connectivity index (χ4n) is 2.90. The molecule has 7 heteroatoms. The summed E-state index contributed by atoms with van der Waals surface area (Å²) in [4.78, 5) is 16.5. The third-order valence-corrected chi connectivity index (χ3v) is 4.18. The second kappa shape index (κ2) is 6.60. The van der Waals surface area contributed by atoms with Gasteiger partial charge in [0.1, 0.15) is 0 Å². The third-order valence-electron chi connectivity index (χ3n) is 4.18. The van der Waals surface area contributed by atoms with Crippen LogP contribution in [0.3, 0.4) is 0 Å². The summed E-state index contributed by atoms with van der Waals surface area (Å²) in [5.41, 5.74) is 0.951. The molecule has 0 aliphatic heterocycles. The Morgan fingerprint density at radius 1 is 1.21 bits per heavy atom. The zero-order valence-corrected chi connectivity index (χ0v) is 12.6. The van der Waals surface area contributed by atoms with E-state index in [-0.39, 0.29) is 18.0 Å². The Kier molecular flexibility index (Phi) is 4.53. The van der Waals surface area contributed by atoms with Gasteiger partial charge in [0, 0.05) is 18.3 Å². The first-order chi connectivity index (χ1) is 11.5. The van der Waals surface area contributed by atoms with Crippen LogP contribution in [0.15, 0.2) is 30.5 Å². The number of nitrogens with zero attached hydrogens (tertiary/aromatic N) is 1. The molecule has 2 N–H and O–H groups in total. The average Bonchev–Trinajstić information content (AvgIpc) is 2.59. The summed E-state index contributed by atoms with van der Waals surface area (Å²) < 4.78 is 39.8. The minimum atomic E-state index is -1.56. The van der Waals surface area contributed by atoms with E-state index >= 15 is 0 Å². The van der Waals surface area contributed by atoms with E-state index in [1.807, 2.05) is 0 Å². The van der Waals surface area contributed by atoms with Crippen molar-refractivity contribution in [2.24, 2.45) is 0 Å². The molecule has 0 unspecified atom stereocenters. The number of aromatic nitrogens is 1. The molecule has 4 nitrogen and oxygen atoms in total. The smallest absolute Gasteiger partial charge is 0.227 e. The third kappa shape index (κ3) is 2.99. The number of hydrogen-bond donors (Lipinski definition) is 2. The van der Waals surface area contributed by atoms with E-state index in [9.17, 15) is 23.1 Å². The molecule has 2 aromatic rings. The number of carbonyl (C=O) groups excluding carboxylic acids is 1. The lowest BCUT2D eigenvalue weighted by Gasteiger charge is -2.27. The summed E-state index contributed by atoms with van der Waals surface area (Å²) in [6.07, 6.45) is 1.64. The predicted octanol–water partition coefficient (Wildman–Crippen LogP) is 2.73. The number of benzene rings is 1. The van der Waals surface area contributed by atoms with Gasteiger partial charge in [0.15, 0.2) is 17.5 Å². The number of amides is 1. The van der Waals surface area contributed by atoms with Gasteiger partial charge in [-0.2, -0.15) is 0 Å². The Labute approximate surface area is 136 Å². The van der Waals surface area contributed by atoms with Crippen LogP contribution in [0.2, 0.25) is 0 Å². The van der Waals surface area contributed by atoms with Crippen molar-refractivity contribution in [1.29, 1.82) is 0 Å². The van der Waals surface area contributed by atoms with Gasteiger partial charge in [-0.3, -0.25) is 9.78 Å². The Hall–Kier alpha value is -2.41. The largest absolute Gasteiger partial charge is 0.387 e. The molecule has 1 amide bonds. The second-order valence-corrected chi connectivity index (χ2v) is 5.68. The molecular formula is C17H15F3N2O2. The van der Waals surface area contributed by atoms with Crippen LogP contribution in [0.25, 0.3) is 0 Å². The van der Waals surface area contributed by atoms with Gasteiger partial charge in [-0.1, -0.05) is 12.1 Å². The lowest BCUT2D eigenvalue weighted by molar-refractivity contribution is -0.123. The van der Waals surface area contributed by atoms with Crippen molar-refractivity contribution in [3.8, 4) is 0 Å². The highest BCUT2D eigenvalue weighted by Crippen LogP contribution is 2.36. The zero-order valence-electron chi connectivity index (χ0n) is 12.6. The van der Waals surface area contributed by atoms with Crippen LogP contribution in [-0.2, 0) is 11.3 Å². The fraction of sp³-hybridized carbons (Fsp3) is 0.294. The minimum Gasteiger partial charge on any atom is -0.387 e. The first kappa shape index (κ1) is 16.4. The highest BCUT2D eigenvalue weighted by molar-refractivity contribution is 5.84. The fourth-order valence-corrected chi connectivity index (χ4v) is 2.90. The minimum absolute atomic E-state index is 0.135. The van der Waals surface area contributed by atoms with Crippen molar-refractivity contribution in [1.82, 2.24) is 10.3 Å². The summed E-state index contributed by atoms with van der Waals surface area (Å²) >= 11 is 0. The number of aliphatic hydroxyl groups excluding tert-OH is 1. The van der Waals surface area contributed by atoms with Crippen molar-refractivity contribution in [3.63, 3.8) is 0 Å². The van der Waals surface area contributed by atoms with Crippen molar-refractivity contribution in [3.05, 3.63) is 64.7 Å². The maximum atomic E-state index is 13.6. The second-order valence-electron chi connectivity index (χ2n) is 5.68. The SMILES string of the molecule is O=C(NCc1ccc(F)c(F)c1F)[C@@H]1CC[C@H](O)c2ncccc21. The Morgan fingerprint density at radius 2 is 2.00 bits per heavy atom. The summed E-state index contributed by atoms with van der Waals surface area (Å²) in [7, 11) is 0. The molecule has 1 aromatic carbocycles. The van der Waals surface area contributed by atoms with Crippen LogP contribution in [-0.4, -0.2) is 16.0 Å². The number of hydrogen-bond acceptors (Lipinski definition) is 3. The molecule has 1 aliphatic rings. The summed E-state index contributed by atoms with van der Waals surface area (Å²) in [5, 5.41) is 12.5. The van der Waals surface area contributed by atoms with E-state index in [0.29, 0.717) is 24.1 Å². The van der Waals surface area contributed by atoms with E-state index in [0.717, 1.165) is 12.1 Å². The van der Waals surface area contributed by atoms with E-state index in [1.54, 1.807) is 18.3 Å². The summed E-state index contributed by atoms with van der Waals surface area (Å²) in [5.74, 6) is -5.04. The highest BCUT2D eigenvalue weighted by atomic mass is 19.2. The van der Waals surface area contributed by atoms with Gasteiger partial charge in [-0.05, 0) is 30.5 Å². The van der Waals surface area contributed by atoms with Crippen LogP contribution >= 0.6 is 0 Å². The number of rotatable bonds is 3. The van der Waals surface area contributed by atoms with Gasteiger partial charge < -0.3 is 10.4 Å². The molecule has 0 spiro atoms. The Bertz CT molecular complexity index is 782. The van der Waals surface area contributed by atoms with Gasteiger partial charge in [0.05, 0.1) is 17.7 Å². The van der Waals surface area contributed by atoms with Gasteiger partial charge >= 0.3 is 0 Å². The normalized spacial score (nSPS) is 19.7. The highest BCUT2D eigenvalue weighted by Gasteiger charge is 2.31. The molecule has 0 saturated carbocycles. The van der Waals surface area contributed by atoms with E-state index in [1.165, 1.54) is 0 Å². The molecule has 0 fully saturated rings. The molecular weight excluding hydrogens is 321 g/mol. The molecule has 3 rings (SSSR count). The molecule has 0 radical (unpaired) electrons. The Morgan fingerprint density at radius 3 is 2.79 bits per heavy atom. The van der Waals surface area contributed by atoms with Crippen LogP contribution in [0.4, 0.5) is 13.2 Å². The number of aliphatic hydroxyl groups is 1. The Balaban J connectivity index is 1.75. The maximum Gasteiger partial charge on any atom is 0.227 e. The van der Waals surface area contributed by atoms with E-state index in [2.05, 4.69) is 10.3 Å². The molecule has 0 saturated heterocycles. The quantitative estimate of drug-likeness (QED) is 0.847. The molecule has 1 heterocycles. The van der Waals surface area contributed by atoms with Crippen molar-refractivity contribution < 1.29 is 23.1 Å². The topological polar surface area (TPSA) is 62.2 Å². The first-order valence-corrected chi connectivity index (χ1v) is 7.52. The number of pyridine rings is 1. The van der Waals surface area contributed by atoms with Crippen LogP contribution in [0.1, 0.15) is 41.7 Å². The van der Waals surface area contributed by atoms with E-state index in [4.69, 9.17) is 0 Å². The number of fused-ring (bicyclic) bond motifs is 1. The van der Waals surface area contributed by atoms with Crippen LogP contribution in [0.5, 0.6) is 0 Å². The van der Waals surface area contributed by atoms with Crippen molar-refractivity contribution in [2.75, 3.05) is 0 Å². The zero-order chi connectivity index (χ0) is 17.3. The summed E-state index contributed by atoms with van der Waals surface area (Å²) in [6.45, 7) is -0.253. The maximum absolute atomic E-state index is 13.6. The first-order valence-electron chi connectivity index (χ1n) is 7.52. The molecule has 0 bridgehead atoms. The average molecular weight is 336 g/mol. The lowest BCUT2D eigenvalue weighted by atomic mass is 9.83. The van der Waals surface area contributed by atoms with Gasteiger partial charge in [0.2, 0.25) is 5.91 Å². The van der Waals surface area contributed by atoms with Gasteiger partial charge in [0.25, 0.3) is 0 Å². The molecule has 24 heavy (non-hydrogen) atoms. The number of carbonyl (C=O) groups is 1. The van der Waals surface area contributed by atoms with E-state index < -0.39 is 29.5 Å². The lowest BCUT2D eigenvalue weighted by Crippen LogP contribution is -2.32. The number of nitrogens with one attached hydrogen (secondary N) is 1. The summed E-state index contributed by atoms with van der Waals surface area (Å²) in [6, 6.07) is 5.30. The monoisotopic (exact) mass is 336 g/mol. The standard InChI is InChI=1S/C17H15F3N2O2/c18-12-5-3-9(14(19)15(12)20)8-22-17(24)11-4-6-13(23)16-10(11)2-1-7-21-16/h1-3,5,7,11,13,23H,4,6,8H2,(H,22,24)/t11-,13+/m1/s1. The predicted molar refractivity (Wildman–Crippen MR) is 79.3 cm³/mol. The molecule has 126 valence electrons.